The molecule has 2 aliphatic carbocycles. The van der Waals surface area contributed by atoms with Crippen molar-refractivity contribution in [2.45, 2.75) is 6.42 Å². The first-order valence-electron chi connectivity index (χ1n) is 15.3. The summed E-state index contributed by atoms with van der Waals surface area (Å²) in [6.07, 6.45) is 5.98. The maximum atomic E-state index is 6.76. The second-order valence-electron chi connectivity index (χ2n) is 12.0. The number of hydrogen-bond acceptors (Lipinski definition) is 2. The predicted molar refractivity (Wildman–Crippen MR) is 185 cm³/mol. The molecule has 0 bridgehead atoms. The van der Waals surface area contributed by atoms with Crippen LogP contribution in [0.5, 0.6) is 0 Å². The molecule has 208 valence electrons. The molecule has 2 aliphatic rings. The lowest BCUT2D eigenvalue weighted by molar-refractivity contribution is 0.661. The van der Waals surface area contributed by atoms with E-state index in [1.165, 1.54) is 44.3 Å². The molecule has 0 aliphatic heterocycles. The van der Waals surface area contributed by atoms with E-state index in [1.54, 1.807) is 5.31 Å². The molecule has 2 unspecified atom stereocenters. The molecule has 6 aromatic carbocycles. The summed E-state index contributed by atoms with van der Waals surface area (Å²) in [4.78, 5) is 0. The highest BCUT2D eigenvalue weighted by Crippen LogP contribution is 2.63. The fourth-order valence-electron chi connectivity index (χ4n) is 7.55. The number of furan rings is 2. The van der Waals surface area contributed by atoms with Gasteiger partial charge in [-0.05, 0) is 76.6 Å². The zero-order chi connectivity index (χ0) is 28.8. The highest BCUT2D eigenvalue weighted by Gasteiger charge is 2.47. The molecule has 10 rings (SSSR count). The van der Waals surface area contributed by atoms with Crippen molar-refractivity contribution < 1.29 is 8.83 Å². The van der Waals surface area contributed by atoms with Crippen LogP contribution in [0.2, 0.25) is 0 Å². The van der Waals surface area contributed by atoms with Crippen LogP contribution in [0.4, 0.5) is 0 Å². The molecule has 0 spiro atoms. The number of para-hydroxylation sites is 1. The Morgan fingerprint density at radius 1 is 0.523 bits per heavy atom. The summed E-state index contributed by atoms with van der Waals surface area (Å²) in [7, 11) is -0.590. The van der Waals surface area contributed by atoms with Gasteiger partial charge in [-0.1, -0.05) is 121 Å². The van der Waals surface area contributed by atoms with Gasteiger partial charge in [0.1, 0.15) is 22.3 Å². The Balaban J connectivity index is 1.23. The standard InChI is InChI=1S/C41H27O2P/c1-3-12-26(13-4-1)44(27-14-5-2-6-15-27)37-22-20-29(31-23-32(31)37)33-24-36-40(39-30-17-9-10-18-34(30)43-41(33)39)38-28-16-8-7-11-25(28)19-21-35(38)42-36/h1-22,24,31-32H,23H2. The van der Waals surface area contributed by atoms with Crippen molar-refractivity contribution >= 4 is 78.8 Å². The molecule has 44 heavy (non-hydrogen) atoms. The summed E-state index contributed by atoms with van der Waals surface area (Å²) >= 11 is 0. The van der Waals surface area contributed by atoms with E-state index in [2.05, 4.69) is 140 Å². The van der Waals surface area contributed by atoms with Crippen molar-refractivity contribution in [3.8, 4) is 0 Å². The Hall–Kier alpha value is -4.91. The average Bonchev–Trinajstić information content (AvgIpc) is 3.66. The summed E-state index contributed by atoms with van der Waals surface area (Å²) in [5.74, 6) is 1.02. The minimum Gasteiger partial charge on any atom is -0.456 e. The molecule has 2 atom stereocenters. The van der Waals surface area contributed by atoms with Gasteiger partial charge in [0.15, 0.2) is 0 Å². The second-order valence-corrected chi connectivity index (χ2v) is 14.3. The average molecular weight is 583 g/mol. The van der Waals surface area contributed by atoms with Crippen molar-refractivity contribution in [1.29, 1.82) is 0 Å². The molecule has 8 aromatic rings. The highest BCUT2D eigenvalue weighted by molar-refractivity contribution is 7.76. The molecule has 2 nitrogen and oxygen atoms in total. The Bertz CT molecular complexity index is 2440. The van der Waals surface area contributed by atoms with E-state index in [0.29, 0.717) is 11.8 Å². The Morgan fingerprint density at radius 2 is 1.23 bits per heavy atom. The molecule has 0 amide bonds. The number of allylic oxidation sites excluding steroid dienone is 4. The van der Waals surface area contributed by atoms with Crippen LogP contribution in [-0.4, -0.2) is 0 Å². The van der Waals surface area contributed by atoms with Gasteiger partial charge in [-0.3, -0.25) is 0 Å². The Labute approximate surface area is 255 Å². The van der Waals surface area contributed by atoms with Gasteiger partial charge in [0.05, 0.1) is 0 Å². The molecule has 0 saturated heterocycles. The minimum atomic E-state index is -0.590. The van der Waals surface area contributed by atoms with E-state index in [1.807, 2.05) is 0 Å². The smallest absolute Gasteiger partial charge is 0.143 e. The summed E-state index contributed by atoms with van der Waals surface area (Å²) in [6, 6.07) is 45.7. The maximum absolute atomic E-state index is 6.76. The van der Waals surface area contributed by atoms with Crippen LogP contribution >= 0.6 is 7.92 Å². The van der Waals surface area contributed by atoms with E-state index in [0.717, 1.165) is 38.5 Å². The second kappa shape index (κ2) is 9.29. The van der Waals surface area contributed by atoms with Crippen LogP contribution in [-0.2, 0) is 0 Å². The molecule has 0 radical (unpaired) electrons. The van der Waals surface area contributed by atoms with Crippen molar-refractivity contribution in [2.75, 3.05) is 0 Å². The zero-order valence-electron chi connectivity index (χ0n) is 23.9. The molecule has 2 heterocycles. The first-order valence-corrected chi connectivity index (χ1v) is 16.7. The molecular weight excluding hydrogens is 555 g/mol. The topological polar surface area (TPSA) is 26.3 Å². The molecular formula is C41H27O2P. The Kier molecular flexibility index (Phi) is 5.18. The van der Waals surface area contributed by atoms with Crippen molar-refractivity contribution in [2.24, 2.45) is 11.8 Å². The van der Waals surface area contributed by atoms with Gasteiger partial charge in [0.2, 0.25) is 0 Å². The van der Waals surface area contributed by atoms with Gasteiger partial charge < -0.3 is 8.83 Å². The summed E-state index contributed by atoms with van der Waals surface area (Å²) < 4.78 is 13.4. The third-order valence-electron chi connectivity index (χ3n) is 9.57. The van der Waals surface area contributed by atoms with Crippen molar-refractivity contribution in [3.63, 3.8) is 0 Å². The monoisotopic (exact) mass is 582 g/mol. The lowest BCUT2D eigenvalue weighted by Gasteiger charge is -2.25. The number of benzene rings is 6. The first kappa shape index (κ1) is 24.5. The van der Waals surface area contributed by atoms with Gasteiger partial charge >= 0.3 is 0 Å². The Morgan fingerprint density at radius 3 is 2.02 bits per heavy atom. The fourth-order valence-corrected chi connectivity index (χ4v) is 10.2. The quantitative estimate of drug-likeness (QED) is 0.193. The number of fused-ring (bicyclic) bond motifs is 10. The molecule has 0 N–H and O–H groups in total. The van der Waals surface area contributed by atoms with Gasteiger partial charge in [-0.2, -0.15) is 0 Å². The van der Waals surface area contributed by atoms with Crippen LogP contribution in [0, 0.1) is 11.8 Å². The van der Waals surface area contributed by atoms with Crippen molar-refractivity contribution in [3.05, 3.63) is 150 Å². The number of hydrogen-bond donors (Lipinski definition) is 0. The molecule has 1 fully saturated rings. The van der Waals surface area contributed by atoms with Gasteiger partial charge in [0, 0.05) is 27.1 Å². The van der Waals surface area contributed by atoms with Crippen LogP contribution in [0.3, 0.4) is 0 Å². The molecule has 1 saturated carbocycles. The largest absolute Gasteiger partial charge is 0.456 e. The van der Waals surface area contributed by atoms with Crippen LogP contribution < -0.4 is 10.6 Å². The predicted octanol–water partition coefficient (Wildman–Crippen LogP) is 10.7. The lowest BCUT2D eigenvalue weighted by Crippen LogP contribution is -2.15. The van der Waals surface area contributed by atoms with Crippen LogP contribution in [0.1, 0.15) is 12.0 Å². The van der Waals surface area contributed by atoms with E-state index in [9.17, 15) is 0 Å². The summed E-state index contributed by atoms with van der Waals surface area (Å²) in [5, 5.41) is 11.5. The summed E-state index contributed by atoms with van der Waals surface area (Å²) in [5.41, 5.74) is 6.26. The summed E-state index contributed by atoms with van der Waals surface area (Å²) in [6.45, 7) is 0. The minimum absolute atomic E-state index is 0.478. The normalized spacial score (nSPS) is 17.9. The van der Waals surface area contributed by atoms with Crippen LogP contribution in [0.15, 0.2) is 154 Å². The molecule has 3 heteroatoms. The van der Waals surface area contributed by atoms with E-state index in [4.69, 9.17) is 8.83 Å². The SMILES string of the molecule is C1=C(c2cc3oc4ccc5ccccc5c4c3c3c2oc2ccccc23)C2CC2C(P(c2ccccc2)c2ccccc2)=C1. The van der Waals surface area contributed by atoms with Gasteiger partial charge in [-0.25, -0.2) is 0 Å². The van der Waals surface area contributed by atoms with Crippen molar-refractivity contribution in [1.82, 2.24) is 0 Å². The van der Waals surface area contributed by atoms with E-state index < -0.39 is 7.92 Å². The third-order valence-corrected chi connectivity index (χ3v) is 12.2. The maximum Gasteiger partial charge on any atom is 0.143 e. The molecule has 2 aromatic heterocycles. The highest BCUT2D eigenvalue weighted by atomic mass is 31.1. The lowest BCUT2D eigenvalue weighted by atomic mass is 9.92. The third kappa shape index (κ3) is 3.52. The first-order chi connectivity index (χ1) is 21.8. The van der Waals surface area contributed by atoms with E-state index >= 15 is 0 Å². The van der Waals surface area contributed by atoms with Gasteiger partial charge in [-0.15, -0.1) is 0 Å². The van der Waals surface area contributed by atoms with Gasteiger partial charge in [0.25, 0.3) is 0 Å². The fraction of sp³-hybridized carbons (Fsp3) is 0.0732. The zero-order valence-corrected chi connectivity index (χ0v) is 24.8. The van der Waals surface area contributed by atoms with E-state index in [-0.39, 0.29) is 0 Å². The van der Waals surface area contributed by atoms with Crippen LogP contribution in [0.25, 0.3) is 60.2 Å². The number of rotatable bonds is 4.